The van der Waals surface area contributed by atoms with Gasteiger partial charge in [-0.25, -0.2) is 4.79 Å². The lowest BCUT2D eigenvalue weighted by Crippen LogP contribution is -2.30. The molecule has 4 aromatic carbocycles. The number of ether oxygens (including phenoxy) is 4. The molecule has 58 heavy (non-hydrogen) atoms. The fourth-order valence-corrected chi connectivity index (χ4v) is 7.93. The molecule has 0 atom stereocenters. The molecule has 0 N–H and O–H groups in total. The van der Waals surface area contributed by atoms with Gasteiger partial charge in [-0.05, 0) is 97.2 Å². The van der Waals surface area contributed by atoms with Crippen LogP contribution < -0.4 is 9.47 Å². The molecule has 0 aliphatic heterocycles. The molecular weight excluding hydrogens is 721 g/mol. The van der Waals surface area contributed by atoms with E-state index < -0.39 is 12.1 Å². The van der Waals surface area contributed by atoms with Crippen molar-refractivity contribution in [2.75, 3.05) is 20.0 Å². The van der Waals surface area contributed by atoms with Crippen molar-refractivity contribution in [3.8, 4) is 34.0 Å². The standard InChI is InChI=1S/C51H62N2O5/c1-8-13-15-17-36-19-25-45(38(10-3)27-36)49-29-40-21-23-42(31-47(40)52(49)6)55-33-44(57-35-58-51(54)12-5)34-56-43-24-22-41-30-50(53(7)48(41)32-43)46-26-20-37(18-16-14-9-2)28-39(46)11-4/h12,19-32,44H,5,8-11,13-18,33-35H2,1-4,6-7H3. The summed E-state index contributed by atoms with van der Waals surface area (Å²) in [5, 5.41) is 2.30. The van der Waals surface area contributed by atoms with E-state index in [2.05, 4.69) is 130 Å². The third-order valence-electron chi connectivity index (χ3n) is 11.4. The van der Waals surface area contributed by atoms with Gasteiger partial charge in [-0.15, -0.1) is 0 Å². The molecule has 0 radical (unpaired) electrons. The summed E-state index contributed by atoms with van der Waals surface area (Å²) in [6, 6.07) is 30.8. The molecule has 0 saturated carbocycles. The maximum Gasteiger partial charge on any atom is 0.332 e. The zero-order chi connectivity index (χ0) is 41.0. The van der Waals surface area contributed by atoms with Crippen LogP contribution in [0.5, 0.6) is 11.5 Å². The van der Waals surface area contributed by atoms with E-state index in [1.54, 1.807) is 0 Å². The number of rotatable bonds is 22. The van der Waals surface area contributed by atoms with Gasteiger partial charge < -0.3 is 28.1 Å². The van der Waals surface area contributed by atoms with E-state index in [-0.39, 0.29) is 20.0 Å². The predicted molar refractivity (Wildman–Crippen MR) is 239 cm³/mol. The van der Waals surface area contributed by atoms with E-state index in [1.165, 1.54) is 83.3 Å². The van der Waals surface area contributed by atoms with Crippen molar-refractivity contribution in [1.82, 2.24) is 9.13 Å². The third-order valence-corrected chi connectivity index (χ3v) is 11.4. The summed E-state index contributed by atoms with van der Waals surface area (Å²) in [4.78, 5) is 11.8. The Bertz CT molecular complexity index is 2160. The van der Waals surface area contributed by atoms with Gasteiger partial charge in [0, 0.05) is 65.6 Å². The van der Waals surface area contributed by atoms with Crippen LogP contribution in [0.25, 0.3) is 44.3 Å². The summed E-state index contributed by atoms with van der Waals surface area (Å²) in [6.45, 7) is 12.6. The van der Waals surface area contributed by atoms with Crippen LogP contribution in [0.15, 0.2) is 97.6 Å². The monoisotopic (exact) mass is 782 g/mol. The molecule has 0 aliphatic carbocycles. The largest absolute Gasteiger partial charge is 0.491 e. The first kappa shape index (κ1) is 42.3. The molecule has 0 saturated heterocycles. The van der Waals surface area contributed by atoms with Crippen molar-refractivity contribution in [2.24, 2.45) is 14.1 Å². The highest BCUT2D eigenvalue weighted by Crippen LogP contribution is 2.34. The second-order valence-corrected chi connectivity index (χ2v) is 15.4. The van der Waals surface area contributed by atoms with Crippen LogP contribution in [0.1, 0.15) is 88.5 Å². The number of fused-ring (bicyclic) bond motifs is 2. The second-order valence-electron chi connectivity index (χ2n) is 15.4. The fourth-order valence-electron chi connectivity index (χ4n) is 7.93. The van der Waals surface area contributed by atoms with Crippen LogP contribution in [0.4, 0.5) is 0 Å². The van der Waals surface area contributed by atoms with Gasteiger partial charge in [0.15, 0.2) is 6.79 Å². The number of hydrogen-bond donors (Lipinski definition) is 0. The highest BCUT2D eigenvalue weighted by Gasteiger charge is 2.18. The molecule has 0 amide bonds. The Morgan fingerprint density at radius 2 is 1.12 bits per heavy atom. The summed E-state index contributed by atoms with van der Waals surface area (Å²) in [5.41, 5.74) is 12.6. The van der Waals surface area contributed by atoms with Gasteiger partial charge >= 0.3 is 5.97 Å². The van der Waals surface area contributed by atoms with Crippen LogP contribution in [0.3, 0.4) is 0 Å². The zero-order valence-corrected chi connectivity index (χ0v) is 35.6. The first-order valence-corrected chi connectivity index (χ1v) is 21.4. The van der Waals surface area contributed by atoms with Gasteiger partial charge in [0.2, 0.25) is 0 Å². The molecule has 6 aromatic rings. The maximum atomic E-state index is 11.8. The lowest BCUT2D eigenvalue weighted by molar-refractivity contribution is -0.158. The first-order chi connectivity index (χ1) is 28.3. The normalized spacial score (nSPS) is 11.5. The smallest absolute Gasteiger partial charge is 0.332 e. The molecule has 0 unspecified atom stereocenters. The van der Waals surface area contributed by atoms with Gasteiger partial charge in [0.05, 0.1) is 11.0 Å². The van der Waals surface area contributed by atoms with Crippen LogP contribution in [-0.4, -0.2) is 41.2 Å². The second kappa shape index (κ2) is 20.4. The summed E-state index contributed by atoms with van der Waals surface area (Å²) >= 11 is 0. The van der Waals surface area contributed by atoms with E-state index in [0.717, 1.165) is 65.1 Å². The van der Waals surface area contributed by atoms with Crippen molar-refractivity contribution in [2.45, 2.75) is 98.0 Å². The molecule has 2 heterocycles. The molecule has 7 nitrogen and oxygen atoms in total. The summed E-state index contributed by atoms with van der Waals surface area (Å²) in [6.07, 6.45) is 12.3. The number of aromatic nitrogens is 2. The Morgan fingerprint density at radius 1 is 0.638 bits per heavy atom. The van der Waals surface area contributed by atoms with Gasteiger partial charge in [-0.1, -0.05) is 96.4 Å². The minimum atomic E-state index is -0.551. The van der Waals surface area contributed by atoms with Crippen molar-refractivity contribution < 1.29 is 23.7 Å². The van der Waals surface area contributed by atoms with E-state index in [9.17, 15) is 4.79 Å². The Balaban J connectivity index is 1.16. The van der Waals surface area contributed by atoms with E-state index >= 15 is 0 Å². The van der Waals surface area contributed by atoms with E-state index in [1.807, 2.05) is 12.1 Å². The minimum absolute atomic E-state index is 0.193. The van der Waals surface area contributed by atoms with Crippen LogP contribution in [0, 0.1) is 0 Å². The number of hydrogen-bond acceptors (Lipinski definition) is 5. The third kappa shape index (κ3) is 10.2. The summed E-state index contributed by atoms with van der Waals surface area (Å²) < 4.78 is 28.3. The predicted octanol–water partition coefficient (Wildman–Crippen LogP) is 12.1. The zero-order valence-electron chi connectivity index (χ0n) is 35.6. The Morgan fingerprint density at radius 3 is 1.55 bits per heavy atom. The number of aryl methyl sites for hydroxylation is 6. The lowest BCUT2D eigenvalue weighted by Gasteiger charge is -2.19. The summed E-state index contributed by atoms with van der Waals surface area (Å²) in [7, 11) is 4.23. The topological polar surface area (TPSA) is 63.9 Å². The van der Waals surface area contributed by atoms with E-state index in [4.69, 9.17) is 18.9 Å². The van der Waals surface area contributed by atoms with E-state index in [0.29, 0.717) is 0 Å². The molecular formula is C51H62N2O5. The van der Waals surface area contributed by atoms with Crippen LogP contribution in [0.2, 0.25) is 0 Å². The number of carbonyl (C=O) groups excluding carboxylic acids is 1. The van der Waals surface area contributed by atoms with Gasteiger partial charge in [-0.2, -0.15) is 0 Å². The molecule has 0 fully saturated rings. The van der Waals surface area contributed by atoms with Gasteiger partial charge in [-0.3, -0.25) is 0 Å². The molecule has 6 rings (SSSR count). The summed E-state index contributed by atoms with van der Waals surface area (Å²) in [5.74, 6) is 0.888. The lowest BCUT2D eigenvalue weighted by atomic mass is 9.97. The van der Waals surface area contributed by atoms with Gasteiger partial charge in [0.1, 0.15) is 30.8 Å². The Labute approximate surface area is 345 Å². The number of esters is 1. The average Bonchev–Trinajstić information content (AvgIpc) is 3.75. The maximum absolute atomic E-state index is 11.8. The fraction of sp³-hybridized carbons (Fsp3) is 0.392. The molecule has 0 aliphatic rings. The van der Waals surface area contributed by atoms with Crippen molar-refractivity contribution in [1.29, 1.82) is 0 Å². The SMILES string of the molecule is C=CC(=O)OCOC(COc1ccc2cc(-c3ccc(CCCCC)cc3CC)n(C)c2c1)COc1ccc2cc(-c3ccc(CCCCC)cc3CC)n(C)c2c1. The number of nitrogens with zero attached hydrogens (tertiary/aromatic N) is 2. The highest BCUT2D eigenvalue weighted by atomic mass is 16.7. The van der Waals surface area contributed by atoms with Crippen molar-refractivity contribution in [3.05, 3.63) is 120 Å². The van der Waals surface area contributed by atoms with Crippen molar-refractivity contribution >= 4 is 27.8 Å². The number of carbonyl (C=O) groups is 1. The molecule has 306 valence electrons. The van der Waals surface area contributed by atoms with Crippen LogP contribution in [-0.2, 0) is 54.0 Å². The molecule has 2 aromatic heterocycles. The molecule has 7 heteroatoms. The van der Waals surface area contributed by atoms with Crippen LogP contribution >= 0.6 is 0 Å². The highest BCUT2D eigenvalue weighted by molar-refractivity contribution is 5.89. The molecule has 0 bridgehead atoms. The first-order valence-electron chi connectivity index (χ1n) is 21.4. The minimum Gasteiger partial charge on any atom is -0.491 e. The average molecular weight is 783 g/mol. The molecule has 0 spiro atoms. The van der Waals surface area contributed by atoms with Gasteiger partial charge in [0.25, 0.3) is 0 Å². The Hall–Kier alpha value is -5.27. The van der Waals surface area contributed by atoms with Crippen molar-refractivity contribution in [3.63, 3.8) is 0 Å². The number of unbranched alkanes of at least 4 members (excludes halogenated alkanes) is 4. The number of benzene rings is 4. The Kier molecular flexibility index (Phi) is 14.9. The quantitative estimate of drug-likeness (QED) is 0.0297.